The fourth-order valence-electron chi connectivity index (χ4n) is 3.38. The summed E-state index contributed by atoms with van der Waals surface area (Å²) in [6.07, 6.45) is 1.75. The van der Waals surface area contributed by atoms with E-state index in [1.807, 2.05) is 36.3 Å². The summed E-state index contributed by atoms with van der Waals surface area (Å²) in [7, 11) is 1.58. The summed E-state index contributed by atoms with van der Waals surface area (Å²) < 4.78 is 4.98. The minimum absolute atomic E-state index is 0.00560. The molecule has 1 aromatic rings. The molecule has 0 aromatic carbocycles. The van der Waals surface area contributed by atoms with Crippen molar-refractivity contribution in [3.63, 3.8) is 0 Å². The summed E-state index contributed by atoms with van der Waals surface area (Å²) >= 11 is 1.44. The number of carbonyl (C=O) groups is 3. The number of thiophene rings is 1. The van der Waals surface area contributed by atoms with Gasteiger partial charge in [0.15, 0.2) is 0 Å². The zero-order valence-electron chi connectivity index (χ0n) is 16.9. The van der Waals surface area contributed by atoms with Gasteiger partial charge in [0.25, 0.3) is 5.91 Å². The third-order valence-corrected chi connectivity index (χ3v) is 5.69. The van der Waals surface area contributed by atoms with Crippen molar-refractivity contribution in [3.05, 3.63) is 22.4 Å². The van der Waals surface area contributed by atoms with Gasteiger partial charge in [0.1, 0.15) is 6.04 Å². The van der Waals surface area contributed by atoms with Crippen molar-refractivity contribution in [3.8, 4) is 0 Å². The molecule has 0 saturated carbocycles. The maximum absolute atomic E-state index is 12.7. The summed E-state index contributed by atoms with van der Waals surface area (Å²) in [5.74, 6) is -0.0249. The topological polar surface area (TPSA) is 87.7 Å². The molecule has 0 spiro atoms. The number of methoxy groups -OCH3 is 1. The van der Waals surface area contributed by atoms with E-state index < -0.39 is 6.04 Å². The molecule has 2 heterocycles. The van der Waals surface area contributed by atoms with Gasteiger partial charge in [-0.25, -0.2) is 0 Å². The molecule has 1 aliphatic rings. The lowest BCUT2D eigenvalue weighted by Crippen LogP contribution is -2.54. The maximum atomic E-state index is 12.7. The molecular weight excluding hydrogens is 378 g/mol. The molecular formula is C20H31N3O4S. The number of nitrogens with zero attached hydrogens (tertiary/aromatic N) is 1. The molecule has 156 valence electrons. The molecule has 8 heteroatoms. The first-order chi connectivity index (χ1) is 13.4. The van der Waals surface area contributed by atoms with Gasteiger partial charge in [-0.2, -0.15) is 0 Å². The standard InChI is InChI=1S/C20H31N3O4S/c1-14(2)13-17(24)22-18(19(25)21-8-11-27-3)15-6-9-23(10-7-15)20(26)16-5-4-12-28-16/h4-5,12,14-15,18H,6-11,13H2,1-3H3,(H,21,25)(H,22,24). The van der Waals surface area contributed by atoms with Crippen LogP contribution < -0.4 is 10.6 Å². The summed E-state index contributed by atoms with van der Waals surface area (Å²) in [5, 5.41) is 7.66. The van der Waals surface area contributed by atoms with Gasteiger partial charge in [-0.3, -0.25) is 14.4 Å². The summed E-state index contributed by atoms with van der Waals surface area (Å²) in [6, 6.07) is 3.12. The summed E-state index contributed by atoms with van der Waals surface area (Å²) in [5.41, 5.74) is 0. The maximum Gasteiger partial charge on any atom is 0.263 e. The minimum Gasteiger partial charge on any atom is -0.383 e. The fourth-order valence-corrected chi connectivity index (χ4v) is 4.07. The number of piperidine rings is 1. The third kappa shape index (κ3) is 6.60. The van der Waals surface area contributed by atoms with Crippen LogP contribution in [0.15, 0.2) is 17.5 Å². The number of nitrogens with one attached hydrogen (secondary N) is 2. The molecule has 0 radical (unpaired) electrons. The van der Waals surface area contributed by atoms with Crippen molar-refractivity contribution in [2.24, 2.45) is 11.8 Å². The highest BCUT2D eigenvalue weighted by Crippen LogP contribution is 2.24. The number of ether oxygens (including phenoxy) is 1. The van der Waals surface area contributed by atoms with Crippen molar-refractivity contribution in [2.45, 2.75) is 39.2 Å². The monoisotopic (exact) mass is 409 g/mol. The van der Waals surface area contributed by atoms with Gasteiger partial charge >= 0.3 is 0 Å². The van der Waals surface area contributed by atoms with Gasteiger partial charge in [-0.05, 0) is 36.1 Å². The predicted octanol–water partition coefficient (Wildman–Crippen LogP) is 1.89. The van der Waals surface area contributed by atoms with Gasteiger partial charge in [0.05, 0.1) is 11.5 Å². The quantitative estimate of drug-likeness (QED) is 0.610. The number of likely N-dealkylation sites (tertiary alicyclic amines) is 1. The largest absolute Gasteiger partial charge is 0.383 e. The predicted molar refractivity (Wildman–Crippen MR) is 109 cm³/mol. The molecule has 0 bridgehead atoms. The molecule has 1 saturated heterocycles. The first kappa shape index (κ1) is 22.4. The van der Waals surface area contributed by atoms with Gasteiger partial charge in [0, 0.05) is 33.2 Å². The molecule has 2 N–H and O–H groups in total. The van der Waals surface area contributed by atoms with E-state index in [2.05, 4.69) is 10.6 Å². The molecule has 0 aliphatic carbocycles. The van der Waals surface area contributed by atoms with Crippen molar-refractivity contribution in [1.82, 2.24) is 15.5 Å². The van der Waals surface area contributed by atoms with E-state index in [1.165, 1.54) is 11.3 Å². The van der Waals surface area contributed by atoms with Crippen LogP contribution in [0.5, 0.6) is 0 Å². The van der Waals surface area contributed by atoms with E-state index in [9.17, 15) is 14.4 Å². The first-order valence-corrected chi connectivity index (χ1v) is 10.7. The van der Waals surface area contributed by atoms with Crippen LogP contribution in [0.3, 0.4) is 0 Å². The van der Waals surface area contributed by atoms with Crippen LogP contribution in [0.2, 0.25) is 0 Å². The molecule has 1 aromatic heterocycles. The number of hydrogen-bond donors (Lipinski definition) is 2. The van der Waals surface area contributed by atoms with Gasteiger partial charge < -0.3 is 20.3 Å². The van der Waals surface area contributed by atoms with Crippen LogP contribution in [0, 0.1) is 11.8 Å². The lowest BCUT2D eigenvalue weighted by molar-refractivity contribution is -0.131. The van der Waals surface area contributed by atoms with Gasteiger partial charge in [0.2, 0.25) is 11.8 Å². The Morgan fingerprint density at radius 1 is 1.29 bits per heavy atom. The molecule has 1 unspecified atom stereocenters. The average molecular weight is 410 g/mol. The highest BCUT2D eigenvalue weighted by molar-refractivity contribution is 7.12. The second-order valence-corrected chi connectivity index (χ2v) is 8.48. The molecule has 7 nitrogen and oxygen atoms in total. The highest BCUT2D eigenvalue weighted by atomic mass is 32.1. The molecule has 2 rings (SSSR count). The van der Waals surface area contributed by atoms with Gasteiger partial charge in [-0.1, -0.05) is 19.9 Å². The number of rotatable bonds is 9. The van der Waals surface area contributed by atoms with Crippen molar-refractivity contribution in [2.75, 3.05) is 33.4 Å². The zero-order chi connectivity index (χ0) is 20.5. The summed E-state index contributed by atoms with van der Waals surface area (Å²) in [4.78, 5) is 40.1. The van der Waals surface area contributed by atoms with E-state index in [0.29, 0.717) is 45.5 Å². The molecule has 3 amide bonds. The van der Waals surface area contributed by atoms with Crippen LogP contribution in [0.1, 0.15) is 42.8 Å². The van der Waals surface area contributed by atoms with Crippen molar-refractivity contribution >= 4 is 29.1 Å². The smallest absolute Gasteiger partial charge is 0.263 e. The second kappa shape index (κ2) is 11.2. The SMILES string of the molecule is COCCNC(=O)C(NC(=O)CC(C)C)C1CCN(C(=O)c2cccs2)CC1. The Balaban J connectivity index is 1.97. The zero-order valence-corrected chi connectivity index (χ0v) is 17.7. The Hall–Kier alpha value is -1.93. The van der Waals surface area contributed by atoms with E-state index in [1.54, 1.807) is 7.11 Å². The lowest BCUT2D eigenvalue weighted by atomic mass is 9.88. The lowest BCUT2D eigenvalue weighted by Gasteiger charge is -2.35. The van der Waals surface area contributed by atoms with Crippen LogP contribution >= 0.6 is 11.3 Å². The molecule has 1 atom stereocenters. The number of amides is 3. The number of carbonyl (C=O) groups excluding carboxylic acids is 3. The van der Waals surface area contributed by atoms with E-state index >= 15 is 0 Å². The first-order valence-electron chi connectivity index (χ1n) is 9.81. The summed E-state index contributed by atoms with van der Waals surface area (Å²) in [6.45, 7) is 5.95. The van der Waals surface area contributed by atoms with Crippen molar-refractivity contribution in [1.29, 1.82) is 0 Å². The molecule has 1 aliphatic heterocycles. The highest BCUT2D eigenvalue weighted by Gasteiger charge is 2.34. The second-order valence-electron chi connectivity index (χ2n) is 7.53. The van der Waals surface area contributed by atoms with E-state index in [4.69, 9.17) is 4.74 Å². The van der Waals surface area contributed by atoms with E-state index in [-0.39, 0.29) is 29.6 Å². The minimum atomic E-state index is -0.581. The van der Waals surface area contributed by atoms with Crippen LogP contribution in [-0.4, -0.2) is 62.0 Å². The normalized spacial score (nSPS) is 16.1. The Morgan fingerprint density at radius 3 is 2.57 bits per heavy atom. The van der Waals surface area contributed by atoms with Crippen LogP contribution in [-0.2, 0) is 14.3 Å². The number of hydrogen-bond acceptors (Lipinski definition) is 5. The Morgan fingerprint density at radius 2 is 2.00 bits per heavy atom. The third-order valence-electron chi connectivity index (χ3n) is 4.83. The molecule has 28 heavy (non-hydrogen) atoms. The van der Waals surface area contributed by atoms with Crippen molar-refractivity contribution < 1.29 is 19.1 Å². The fraction of sp³-hybridized carbons (Fsp3) is 0.650. The van der Waals surface area contributed by atoms with Crippen LogP contribution in [0.4, 0.5) is 0 Å². The average Bonchev–Trinajstić information content (AvgIpc) is 3.20. The Bertz CT molecular complexity index is 640. The Kier molecular flexibility index (Phi) is 8.92. The Labute approximate surface area is 170 Å². The van der Waals surface area contributed by atoms with E-state index in [0.717, 1.165) is 4.88 Å². The van der Waals surface area contributed by atoms with Gasteiger partial charge in [-0.15, -0.1) is 11.3 Å². The van der Waals surface area contributed by atoms with Crippen LogP contribution in [0.25, 0.3) is 0 Å². The molecule has 1 fully saturated rings.